The van der Waals surface area contributed by atoms with E-state index in [9.17, 15) is 9.59 Å². The molecule has 1 fully saturated rings. The van der Waals surface area contributed by atoms with Crippen LogP contribution in [0.15, 0.2) is 33.9 Å². The lowest BCUT2D eigenvalue weighted by atomic mass is 9.89. The summed E-state index contributed by atoms with van der Waals surface area (Å²) in [4.78, 5) is 24.1. The fourth-order valence-corrected chi connectivity index (χ4v) is 3.89. The van der Waals surface area contributed by atoms with Gasteiger partial charge in [0.2, 0.25) is 17.7 Å². The van der Waals surface area contributed by atoms with Crippen LogP contribution in [0.2, 0.25) is 0 Å². The second kappa shape index (κ2) is 10.3. The first-order chi connectivity index (χ1) is 13.7. The Balaban J connectivity index is 1.39. The Labute approximate surface area is 169 Å². The van der Waals surface area contributed by atoms with Crippen molar-refractivity contribution >= 4 is 29.3 Å². The number of aryl methyl sites for hydroxylation is 1. The van der Waals surface area contributed by atoms with E-state index < -0.39 is 0 Å². The van der Waals surface area contributed by atoms with E-state index in [1.165, 1.54) is 31.0 Å². The van der Waals surface area contributed by atoms with Crippen LogP contribution in [0.4, 0.5) is 5.69 Å². The summed E-state index contributed by atoms with van der Waals surface area (Å²) >= 11 is 1.19. The summed E-state index contributed by atoms with van der Waals surface area (Å²) in [5.41, 5.74) is 1.84. The van der Waals surface area contributed by atoms with E-state index in [0.717, 1.165) is 30.5 Å². The zero-order valence-corrected chi connectivity index (χ0v) is 16.9. The zero-order valence-electron chi connectivity index (χ0n) is 16.1. The van der Waals surface area contributed by atoms with Crippen molar-refractivity contribution in [1.29, 1.82) is 0 Å². The molecule has 2 N–H and O–H groups in total. The lowest BCUT2D eigenvalue weighted by Gasteiger charge is -2.17. The van der Waals surface area contributed by atoms with Gasteiger partial charge in [0.15, 0.2) is 0 Å². The smallest absolute Gasteiger partial charge is 0.277 e. The number of para-hydroxylation sites is 1. The van der Waals surface area contributed by atoms with Crippen LogP contribution in [0.25, 0.3) is 0 Å². The Kier molecular flexibility index (Phi) is 7.47. The quantitative estimate of drug-likeness (QED) is 0.656. The van der Waals surface area contributed by atoms with Gasteiger partial charge >= 0.3 is 0 Å². The molecule has 0 saturated heterocycles. The molecule has 7 nitrogen and oxygen atoms in total. The van der Waals surface area contributed by atoms with Gasteiger partial charge in [0, 0.05) is 11.6 Å². The highest BCUT2D eigenvalue weighted by Gasteiger charge is 2.21. The summed E-state index contributed by atoms with van der Waals surface area (Å²) in [5.74, 6) is 0.652. The van der Waals surface area contributed by atoms with Gasteiger partial charge in [0.05, 0.1) is 12.3 Å². The number of rotatable bonds is 8. The summed E-state index contributed by atoms with van der Waals surface area (Å²) in [6.45, 7) is 1.95. The summed E-state index contributed by atoms with van der Waals surface area (Å²) in [5, 5.41) is 14.0. The van der Waals surface area contributed by atoms with Crippen molar-refractivity contribution < 1.29 is 14.0 Å². The minimum atomic E-state index is -0.253. The van der Waals surface area contributed by atoms with Crippen molar-refractivity contribution in [3.63, 3.8) is 0 Å². The summed E-state index contributed by atoms with van der Waals surface area (Å²) < 4.78 is 5.69. The number of anilines is 1. The van der Waals surface area contributed by atoms with E-state index in [4.69, 9.17) is 4.42 Å². The Morgan fingerprint density at radius 2 is 1.93 bits per heavy atom. The molecule has 0 bridgehead atoms. The third-order valence-electron chi connectivity index (χ3n) is 4.82. The predicted octanol–water partition coefficient (Wildman–Crippen LogP) is 3.53. The lowest BCUT2D eigenvalue weighted by Crippen LogP contribution is -2.34. The van der Waals surface area contributed by atoms with E-state index in [2.05, 4.69) is 20.8 Å². The number of benzene rings is 1. The molecule has 0 radical (unpaired) electrons. The molecule has 1 aliphatic carbocycles. The average Bonchev–Trinajstić information content (AvgIpc) is 3.21. The number of carbonyl (C=O) groups is 2. The highest BCUT2D eigenvalue weighted by atomic mass is 32.2. The molecular weight excluding hydrogens is 376 g/mol. The Hall–Kier alpha value is -2.35. The molecule has 0 unspecified atom stereocenters. The molecule has 3 rings (SSSR count). The molecule has 8 heteroatoms. The maximum absolute atomic E-state index is 12.1. The van der Waals surface area contributed by atoms with E-state index >= 15 is 0 Å². The van der Waals surface area contributed by atoms with Crippen LogP contribution in [0.3, 0.4) is 0 Å². The Bertz CT molecular complexity index is 802. The first kappa shape index (κ1) is 20.4. The standard InChI is InChI=1S/C20H26N4O3S/c1-2-14-8-6-7-11-16(14)22-17(25)12-21-18(26)13-28-20-24-23-19(27-20)15-9-4-3-5-10-15/h6-8,11,15H,2-5,9-10,12-13H2,1H3,(H,21,26)(H,22,25). The number of hydrogen-bond donors (Lipinski definition) is 2. The summed E-state index contributed by atoms with van der Waals surface area (Å²) in [7, 11) is 0. The number of carbonyl (C=O) groups excluding carboxylic acids is 2. The number of amides is 2. The van der Waals surface area contributed by atoms with Crippen LogP contribution in [0.5, 0.6) is 0 Å². The van der Waals surface area contributed by atoms with Crippen LogP contribution in [-0.4, -0.2) is 34.3 Å². The van der Waals surface area contributed by atoms with Gasteiger partial charge in [0.25, 0.3) is 5.22 Å². The fraction of sp³-hybridized carbons (Fsp3) is 0.500. The lowest BCUT2D eigenvalue weighted by molar-refractivity contribution is -0.122. The number of hydrogen-bond acceptors (Lipinski definition) is 6. The first-order valence-corrected chi connectivity index (χ1v) is 10.7. The molecule has 1 saturated carbocycles. The first-order valence-electron chi connectivity index (χ1n) is 9.76. The van der Waals surface area contributed by atoms with Crippen LogP contribution < -0.4 is 10.6 Å². The third-order valence-corrected chi connectivity index (χ3v) is 5.64. The normalized spacial score (nSPS) is 14.6. The Morgan fingerprint density at radius 1 is 1.14 bits per heavy atom. The van der Waals surface area contributed by atoms with E-state index in [1.54, 1.807) is 0 Å². The molecule has 1 aromatic heterocycles. The van der Waals surface area contributed by atoms with Crippen LogP contribution in [0, 0.1) is 0 Å². The molecule has 2 aromatic rings. The van der Waals surface area contributed by atoms with Crippen molar-refractivity contribution in [1.82, 2.24) is 15.5 Å². The molecule has 1 heterocycles. The zero-order chi connectivity index (χ0) is 19.8. The number of aromatic nitrogens is 2. The second-order valence-electron chi connectivity index (χ2n) is 6.87. The van der Waals surface area contributed by atoms with Crippen molar-refractivity contribution in [2.75, 3.05) is 17.6 Å². The predicted molar refractivity (Wildman–Crippen MR) is 108 cm³/mol. The number of thioether (sulfide) groups is 1. The summed E-state index contributed by atoms with van der Waals surface area (Å²) in [6.07, 6.45) is 6.66. The minimum absolute atomic E-state index is 0.0748. The van der Waals surface area contributed by atoms with E-state index in [1.807, 2.05) is 31.2 Å². The largest absolute Gasteiger partial charge is 0.416 e. The molecule has 28 heavy (non-hydrogen) atoms. The molecule has 1 aromatic carbocycles. The van der Waals surface area contributed by atoms with Crippen LogP contribution >= 0.6 is 11.8 Å². The van der Waals surface area contributed by atoms with Gasteiger partial charge in [-0.25, -0.2) is 0 Å². The van der Waals surface area contributed by atoms with Gasteiger partial charge in [-0.05, 0) is 30.9 Å². The van der Waals surface area contributed by atoms with Crippen molar-refractivity contribution in [2.24, 2.45) is 0 Å². The maximum Gasteiger partial charge on any atom is 0.277 e. The highest BCUT2D eigenvalue weighted by Crippen LogP contribution is 2.32. The second-order valence-corrected chi connectivity index (χ2v) is 7.79. The van der Waals surface area contributed by atoms with Crippen molar-refractivity contribution in [3.05, 3.63) is 35.7 Å². The highest BCUT2D eigenvalue weighted by molar-refractivity contribution is 7.99. The van der Waals surface area contributed by atoms with Crippen LogP contribution in [0.1, 0.15) is 56.4 Å². The molecule has 0 spiro atoms. The van der Waals surface area contributed by atoms with Gasteiger partial charge in [-0.2, -0.15) is 0 Å². The molecule has 1 aliphatic rings. The topological polar surface area (TPSA) is 97.1 Å². The monoisotopic (exact) mass is 402 g/mol. The van der Waals surface area contributed by atoms with Crippen molar-refractivity contribution in [3.8, 4) is 0 Å². The average molecular weight is 403 g/mol. The van der Waals surface area contributed by atoms with Gasteiger partial charge in [0.1, 0.15) is 0 Å². The Morgan fingerprint density at radius 3 is 2.71 bits per heavy atom. The SMILES string of the molecule is CCc1ccccc1NC(=O)CNC(=O)CSc1nnc(C2CCCCC2)o1. The molecular formula is C20H26N4O3S. The number of nitrogens with zero attached hydrogens (tertiary/aromatic N) is 2. The summed E-state index contributed by atoms with van der Waals surface area (Å²) in [6, 6.07) is 7.63. The van der Waals surface area contributed by atoms with Crippen molar-refractivity contribution in [2.45, 2.75) is 56.6 Å². The van der Waals surface area contributed by atoms with E-state index in [0.29, 0.717) is 17.0 Å². The molecule has 2 amide bonds. The molecule has 0 atom stereocenters. The number of nitrogens with one attached hydrogen (secondary N) is 2. The maximum atomic E-state index is 12.1. The van der Waals surface area contributed by atoms with Gasteiger partial charge < -0.3 is 15.1 Å². The fourth-order valence-electron chi connectivity index (χ4n) is 3.30. The van der Waals surface area contributed by atoms with Gasteiger partial charge in [-0.3, -0.25) is 9.59 Å². The molecule has 150 valence electrons. The third kappa shape index (κ3) is 5.82. The van der Waals surface area contributed by atoms with Gasteiger partial charge in [-0.1, -0.05) is 56.1 Å². The van der Waals surface area contributed by atoms with Crippen LogP contribution in [-0.2, 0) is 16.0 Å². The molecule has 0 aliphatic heterocycles. The minimum Gasteiger partial charge on any atom is -0.416 e. The van der Waals surface area contributed by atoms with E-state index in [-0.39, 0.29) is 24.1 Å². The van der Waals surface area contributed by atoms with Gasteiger partial charge in [-0.15, -0.1) is 10.2 Å².